The van der Waals surface area contributed by atoms with Crippen LogP contribution in [0.25, 0.3) is 0 Å². The highest BCUT2D eigenvalue weighted by Crippen LogP contribution is 2.13. The van der Waals surface area contributed by atoms with Crippen molar-refractivity contribution in [1.29, 1.82) is 5.26 Å². The molecule has 1 saturated heterocycles. The van der Waals surface area contributed by atoms with Gasteiger partial charge in [0, 0.05) is 38.4 Å². The van der Waals surface area contributed by atoms with Crippen LogP contribution in [0.3, 0.4) is 0 Å². The first-order valence-corrected chi connectivity index (χ1v) is 8.18. The molecular weight excluding hydrogens is 284 g/mol. The number of benzene rings is 1. The summed E-state index contributed by atoms with van der Waals surface area (Å²) in [5.74, 6) is 0. The minimum atomic E-state index is 0.575. The standard InChI is InChI=1S/C19H22N4/c20-13-16-4-6-17(7-5-16)14-22-18-8-11-23(12-9-18)15-19-3-1-2-10-21-19/h1-7,10,18,22H,8-9,11-12,14-15H2. The molecule has 1 fully saturated rings. The van der Waals surface area contributed by atoms with Crippen molar-refractivity contribution in [2.75, 3.05) is 13.1 Å². The third-order valence-electron chi connectivity index (χ3n) is 4.38. The molecule has 118 valence electrons. The summed E-state index contributed by atoms with van der Waals surface area (Å²) in [7, 11) is 0. The molecule has 3 rings (SSSR count). The molecule has 2 aromatic rings. The molecule has 0 radical (unpaired) electrons. The molecule has 0 atom stereocenters. The van der Waals surface area contributed by atoms with Gasteiger partial charge in [-0.1, -0.05) is 18.2 Å². The summed E-state index contributed by atoms with van der Waals surface area (Å²) in [6.07, 6.45) is 4.20. The van der Waals surface area contributed by atoms with Gasteiger partial charge >= 0.3 is 0 Å². The summed E-state index contributed by atoms with van der Waals surface area (Å²) in [6.45, 7) is 4.04. The first kappa shape index (κ1) is 15.7. The zero-order valence-corrected chi connectivity index (χ0v) is 13.3. The Hall–Kier alpha value is -2.22. The molecule has 0 unspecified atom stereocenters. The van der Waals surface area contributed by atoms with Crippen molar-refractivity contribution >= 4 is 0 Å². The molecule has 1 aliphatic heterocycles. The molecular formula is C19H22N4. The van der Waals surface area contributed by atoms with Crippen molar-refractivity contribution < 1.29 is 0 Å². The molecule has 1 aromatic heterocycles. The Morgan fingerprint density at radius 2 is 1.91 bits per heavy atom. The van der Waals surface area contributed by atoms with Gasteiger partial charge in [0.1, 0.15) is 0 Å². The SMILES string of the molecule is N#Cc1ccc(CNC2CCN(Cc3ccccn3)CC2)cc1. The second-order valence-electron chi connectivity index (χ2n) is 6.06. The molecule has 0 bridgehead atoms. The normalized spacial score (nSPS) is 16.1. The lowest BCUT2D eigenvalue weighted by atomic mass is 10.0. The van der Waals surface area contributed by atoms with Crippen molar-refractivity contribution in [3.8, 4) is 6.07 Å². The molecule has 1 aliphatic rings. The lowest BCUT2D eigenvalue weighted by molar-refractivity contribution is 0.188. The van der Waals surface area contributed by atoms with Crippen LogP contribution in [0.4, 0.5) is 0 Å². The van der Waals surface area contributed by atoms with E-state index in [1.807, 2.05) is 42.6 Å². The molecule has 2 heterocycles. The molecule has 0 spiro atoms. The third kappa shape index (κ3) is 4.62. The number of nitrogens with zero attached hydrogens (tertiary/aromatic N) is 3. The van der Waals surface area contributed by atoms with Crippen LogP contribution in [0, 0.1) is 11.3 Å². The Balaban J connectivity index is 1.41. The van der Waals surface area contributed by atoms with Crippen LogP contribution in [-0.2, 0) is 13.1 Å². The summed E-state index contributed by atoms with van der Waals surface area (Å²) in [6, 6.07) is 16.7. The Bertz CT molecular complexity index is 637. The largest absolute Gasteiger partial charge is 0.310 e. The van der Waals surface area contributed by atoms with E-state index in [4.69, 9.17) is 5.26 Å². The van der Waals surface area contributed by atoms with E-state index in [2.05, 4.69) is 27.3 Å². The van der Waals surface area contributed by atoms with Crippen LogP contribution >= 0.6 is 0 Å². The highest BCUT2D eigenvalue weighted by atomic mass is 15.1. The number of nitriles is 1. The van der Waals surface area contributed by atoms with Gasteiger partial charge in [0.15, 0.2) is 0 Å². The van der Waals surface area contributed by atoms with Crippen LogP contribution in [-0.4, -0.2) is 29.0 Å². The summed E-state index contributed by atoms with van der Waals surface area (Å²) >= 11 is 0. The molecule has 4 nitrogen and oxygen atoms in total. The van der Waals surface area contributed by atoms with Gasteiger partial charge in [-0.05, 0) is 42.7 Å². The topological polar surface area (TPSA) is 52.0 Å². The van der Waals surface area contributed by atoms with Gasteiger partial charge in [-0.3, -0.25) is 9.88 Å². The average molecular weight is 306 g/mol. The molecule has 0 saturated carbocycles. The highest BCUT2D eigenvalue weighted by molar-refractivity contribution is 5.31. The Kier molecular flexibility index (Phi) is 5.36. The average Bonchev–Trinajstić information content (AvgIpc) is 2.62. The van der Waals surface area contributed by atoms with E-state index in [9.17, 15) is 0 Å². The summed E-state index contributed by atoms with van der Waals surface area (Å²) in [5, 5.41) is 12.5. The summed E-state index contributed by atoms with van der Waals surface area (Å²) < 4.78 is 0. The zero-order chi connectivity index (χ0) is 15.9. The minimum absolute atomic E-state index is 0.575. The number of hydrogen-bond acceptors (Lipinski definition) is 4. The lowest BCUT2D eigenvalue weighted by Crippen LogP contribution is -2.41. The lowest BCUT2D eigenvalue weighted by Gasteiger charge is -2.32. The summed E-state index contributed by atoms with van der Waals surface area (Å²) in [4.78, 5) is 6.88. The number of aromatic nitrogens is 1. The van der Waals surface area contributed by atoms with E-state index < -0.39 is 0 Å². The van der Waals surface area contributed by atoms with Crippen molar-refractivity contribution in [3.05, 3.63) is 65.5 Å². The maximum atomic E-state index is 8.82. The van der Waals surface area contributed by atoms with Crippen molar-refractivity contribution in [3.63, 3.8) is 0 Å². The van der Waals surface area contributed by atoms with Crippen LogP contribution in [0.15, 0.2) is 48.7 Å². The number of pyridine rings is 1. The maximum absolute atomic E-state index is 8.82. The second kappa shape index (κ2) is 7.87. The monoisotopic (exact) mass is 306 g/mol. The van der Waals surface area contributed by atoms with Crippen LogP contribution in [0.1, 0.15) is 29.7 Å². The quantitative estimate of drug-likeness (QED) is 0.923. The smallest absolute Gasteiger partial charge is 0.0991 e. The first-order valence-electron chi connectivity index (χ1n) is 8.18. The Morgan fingerprint density at radius 1 is 1.13 bits per heavy atom. The van der Waals surface area contributed by atoms with Crippen molar-refractivity contribution in [2.24, 2.45) is 0 Å². The minimum Gasteiger partial charge on any atom is -0.310 e. The molecule has 4 heteroatoms. The van der Waals surface area contributed by atoms with E-state index in [0.29, 0.717) is 6.04 Å². The van der Waals surface area contributed by atoms with Gasteiger partial charge in [0.2, 0.25) is 0 Å². The van der Waals surface area contributed by atoms with Gasteiger partial charge < -0.3 is 5.32 Å². The number of rotatable bonds is 5. The van der Waals surface area contributed by atoms with Gasteiger partial charge in [-0.2, -0.15) is 5.26 Å². The fraction of sp³-hybridized carbons (Fsp3) is 0.368. The van der Waals surface area contributed by atoms with E-state index in [1.54, 1.807) is 0 Å². The molecule has 0 aliphatic carbocycles. The Labute approximate surface area is 137 Å². The fourth-order valence-electron chi connectivity index (χ4n) is 2.98. The fourth-order valence-corrected chi connectivity index (χ4v) is 2.98. The highest BCUT2D eigenvalue weighted by Gasteiger charge is 2.18. The predicted molar refractivity (Wildman–Crippen MR) is 90.5 cm³/mol. The number of hydrogen-bond donors (Lipinski definition) is 1. The van der Waals surface area contributed by atoms with E-state index in [0.717, 1.165) is 37.4 Å². The van der Waals surface area contributed by atoms with Gasteiger partial charge in [-0.15, -0.1) is 0 Å². The predicted octanol–water partition coefficient (Wildman–Crippen LogP) is 2.71. The molecule has 1 aromatic carbocycles. The number of piperidine rings is 1. The Morgan fingerprint density at radius 3 is 2.57 bits per heavy atom. The van der Waals surface area contributed by atoms with Gasteiger partial charge in [0.25, 0.3) is 0 Å². The van der Waals surface area contributed by atoms with E-state index in [1.165, 1.54) is 18.4 Å². The summed E-state index contributed by atoms with van der Waals surface area (Å²) in [5.41, 5.74) is 3.10. The van der Waals surface area contributed by atoms with Gasteiger partial charge in [0.05, 0.1) is 17.3 Å². The van der Waals surface area contributed by atoms with Crippen LogP contribution < -0.4 is 5.32 Å². The maximum Gasteiger partial charge on any atom is 0.0991 e. The third-order valence-corrected chi connectivity index (χ3v) is 4.38. The molecule has 0 amide bonds. The zero-order valence-electron chi connectivity index (χ0n) is 13.3. The van der Waals surface area contributed by atoms with Gasteiger partial charge in [-0.25, -0.2) is 0 Å². The van der Waals surface area contributed by atoms with Crippen LogP contribution in [0.5, 0.6) is 0 Å². The number of nitrogens with one attached hydrogen (secondary N) is 1. The van der Waals surface area contributed by atoms with Crippen molar-refractivity contribution in [2.45, 2.75) is 32.0 Å². The molecule has 1 N–H and O–H groups in total. The number of likely N-dealkylation sites (tertiary alicyclic amines) is 1. The van der Waals surface area contributed by atoms with Crippen molar-refractivity contribution in [1.82, 2.24) is 15.2 Å². The second-order valence-corrected chi connectivity index (χ2v) is 6.06. The molecule has 23 heavy (non-hydrogen) atoms. The van der Waals surface area contributed by atoms with E-state index in [-0.39, 0.29) is 0 Å². The van der Waals surface area contributed by atoms with Crippen LogP contribution in [0.2, 0.25) is 0 Å². The van der Waals surface area contributed by atoms with E-state index >= 15 is 0 Å². The first-order chi connectivity index (χ1) is 11.3.